The van der Waals surface area contributed by atoms with Crippen molar-refractivity contribution in [3.8, 4) is 11.5 Å². The van der Waals surface area contributed by atoms with E-state index in [4.69, 9.17) is 9.47 Å². The van der Waals surface area contributed by atoms with Crippen molar-refractivity contribution in [3.63, 3.8) is 0 Å². The first-order valence-electron chi connectivity index (χ1n) is 7.97. The van der Waals surface area contributed by atoms with Crippen LogP contribution < -0.4 is 9.47 Å². The molecule has 0 radical (unpaired) electrons. The molecule has 2 heteroatoms. The van der Waals surface area contributed by atoms with Crippen LogP contribution in [0.3, 0.4) is 0 Å². The number of unbranched alkanes of at least 4 members (excludes halogenated alkanes) is 2. The lowest BCUT2D eigenvalue weighted by Gasteiger charge is -2.16. The fourth-order valence-electron chi connectivity index (χ4n) is 2.95. The molecule has 0 atom stereocenters. The van der Waals surface area contributed by atoms with E-state index in [1.54, 1.807) is 7.11 Å². The van der Waals surface area contributed by atoms with Crippen LogP contribution in [0, 0.1) is 0 Å². The van der Waals surface area contributed by atoms with Gasteiger partial charge >= 0.3 is 0 Å². The second kappa shape index (κ2) is 6.69. The van der Waals surface area contributed by atoms with Crippen molar-refractivity contribution in [1.82, 2.24) is 0 Å². The topological polar surface area (TPSA) is 18.5 Å². The Balaban J connectivity index is 2.18. The molecule has 0 aliphatic carbocycles. The molecule has 0 bridgehead atoms. The van der Waals surface area contributed by atoms with Crippen LogP contribution in [0.5, 0.6) is 11.5 Å². The zero-order valence-electron chi connectivity index (χ0n) is 13.3. The monoisotopic (exact) mass is 294 g/mol. The normalized spacial score (nSPS) is 11.0. The lowest BCUT2D eigenvalue weighted by Crippen LogP contribution is -1.99. The van der Waals surface area contributed by atoms with E-state index in [0.717, 1.165) is 46.1 Å². The molecule has 2 nitrogen and oxygen atoms in total. The van der Waals surface area contributed by atoms with E-state index in [9.17, 15) is 0 Å². The maximum Gasteiger partial charge on any atom is 0.135 e. The lowest BCUT2D eigenvalue weighted by atomic mass is 10.0. The van der Waals surface area contributed by atoms with Crippen molar-refractivity contribution in [3.05, 3.63) is 48.5 Å². The summed E-state index contributed by atoms with van der Waals surface area (Å²) in [6.45, 7) is 2.96. The predicted octanol–water partition coefficient (Wildman–Crippen LogP) is 5.57. The third-order valence-corrected chi connectivity index (χ3v) is 4.03. The Labute approximate surface area is 131 Å². The molecule has 114 valence electrons. The fourth-order valence-corrected chi connectivity index (χ4v) is 2.95. The summed E-state index contributed by atoms with van der Waals surface area (Å²) >= 11 is 0. The summed E-state index contributed by atoms with van der Waals surface area (Å²) in [6, 6.07) is 16.6. The van der Waals surface area contributed by atoms with Gasteiger partial charge in [-0.25, -0.2) is 0 Å². The molecular formula is C20H22O2. The first kappa shape index (κ1) is 14.7. The second-order valence-electron chi connectivity index (χ2n) is 5.51. The Morgan fingerprint density at radius 3 is 1.68 bits per heavy atom. The molecule has 0 aliphatic rings. The fraction of sp³-hybridized carbons (Fsp3) is 0.300. The number of benzene rings is 3. The highest BCUT2D eigenvalue weighted by atomic mass is 16.5. The Hall–Kier alpha value is -2.22. The van der Waals surface area contributed by atoms with Gasteiger partial charge in [-0.05, 0) is 6.42 Å². The first-order chi connectivity index (χ1) is 10.9. The Morgan fingerprint density at radius 1 is 0.727 bits per heavy atom. The van der Waals surface area contributed by atoms with Crippen LogP contribution in [0.25, 0.3) is 21.5 Å². The van der Waals surface area contributed by atoms with Crippen molar-refractivity contribution < 1.29 is 9.47 Å². The van der Waals surface area contributed by atoms with Gasteiger partial charge in [-0.2, -0.15) is 0 Å². The molecule has 3 aromatic rings. The summed E-state index contributed by atoms with van der Waals surface area (Å²) < 4.78 is 11.9. The molecule has 3 aromatic carbocycles. The molecule has 0 aromatic heterocycles. The molecule has 0 saturated heterocycles. The van der Waals surface area contributed by atoms with Crippen LogP contribution in [-0.2, 0) is 0 Å². The van der Waals surface area contributed by atoms with Crippen LogP contribution in [0.2, 0.25) is 0 Å². The van der Waals surface area contributed by atoms with Gasteiger partial charge in [-0.15, -0.1) is 0 Å². The third-order valence-electron chi connectivity index (χ3n) is 4.03. The van der Waals surface area contributed by atoms with Gasteiger partial charge in [0.05, 0.1) is 13.7 Å². The summed E-state index contributed by atoms with van der Waals surface area (Å²) in [5, 5.41) is 4.45. The van der Waals surface area contributed by atoms with Crippen molar-refractivity contribution >= 4 is 21.5 Å². The van der Waals surface area contributed by atoms with Gasteiger partial charge in [0.25, 0.3) is 0 Å². The van der Waals surface area contributed by atoms with Crippen molar-refractivity contribution in [2.24, 2.45) is 0 Å². The summed E-state index contributed by atoms with van der Waals surface area (Å²) in [4.78, 5) is 0. The Bertz CT molecular complexity index is 720. The van der Waals surface area contributed by atoms with E-state index in [0.29, 0.717) is 0 Å². The number of methoxy groups -OCH3 is 1. The van der Waals surface area contributed by atoms with Gasteiger partial charge < -0.3 is 9.47 Å². The van der Waals surface area contributed by atoms with Gasteiger partial charge in [0, 0.05) is 21.5 Å². The SMILES string of the molecule is CCCCCOc1c2ccccc2c(OC)c2ccccc12. The zero-order chi connectivity index (χ0) is 15.4. The molecule has 0 N–H and O–H groups in total. The molecule has 0 spiro atoms. The van der Waals surface area contributed by atoms with Crippen LogP contribution >= 0.6 is 0 Å². The molecule has 3 rings (SSSR count). The van der Waals surface area contributed by atoms with Crippen molar-refractivity contribution in [2.45, 2.75) is 26.2 Å². The molecule has 22 heavy (non-hydrogen) atoms. The molecule has 0 amide bonds. The molecule has 0 aliphatic heterocycles. The molecule has 0 fully saturated rings. The second-order valence-corrected chi connectivity index (χ2v) is 5.51. The van der Waals surface area contributed by atoms with Crippen LogP contribution in [0.15, 0.2) is 48.5 Å². The highest BCUT2D eigenvalue weighted by molar-refractivity contribution is 6.11. The molecular weight excluding hydrogens is 272 g/mol. The predicted molar refractivity (Wildman–Crippen MR) is 93.0 cm³/mol. The van der Waals surface area contributed by atoms with Gasteiger partial charge in [-0.1, -0.05) is 68.3 Å². The van der Waals surface area contributed by atoms with E-state index in [2.05, 4.69) is 43.3 Å². The zero-order valence-corrected chi connectivity index (χ0v) is 13.3. The van der Waals surface area contributed by atoms with Crippen molar-refractivity contribution in [1.29, 1.82) is 0 Å². The largest absolute Gasteiger partial charge is 0.495 e. The van der Waals surface area contributed by atoms with Gasteiger partial charge in [0.15, 0.2) is 0 Å². The number of ether oxygens (including phenoxy) is 2. The van der Waals surface area contributed by atoms with Gasteiger partial charge in [0.2, 0.25) is 0 Å². The maximum absolute atomic E-state index is 6.18. The number of hydrogen-bond donors (Lipinski definition) is 0. The average Bonchev–Trinajstić information content (AvgIpc) is 2.58. The molecule has 0 heterocycles. The van der Waals surface area contributed by atoms with Crippen LogP contribution in [0.4, 0.5) is 0 Å². The standard InChI is InChI=1S/C20H22O2/c1-3-4-9-14-22-20-17-12-7-5-10-15(17)19(21-2)16-11-6-8-13-18(16)20/h5-8,10-13H,3-4,9,14H2,1-2H3. The van der Waals surface area contributed by atoms with Gasteiger partial charge in [-0.3, -0.25) is 0 Å². The van der Waals surface area contributed by atoms with E-state index < -0.39 is 0 Å². The van der Waals surface area contributed by atoms with E-state index in [1.165, 1.54) is 12.8 Å². The quantitative estimate of drug-likeness (QED) is 0.437. The summed E-state index contributed by atoms with van der Waals surface area (Å²) in [5.41, 5.74) is 0. The third kappa shape index (κ3) is 2.61. The van der Waals surface area contributed by atoms with E-state index in [1.807, 2.05) is 12.1 Å². The molecule has 0 unspecified atom stereocenters. The van der Waals surface area contributed by atoms with Crippen molar-refractivity contribution in [2.75, 3.05) is 13.7 Å². The number of fused-ring (bicyclic) bond motifs is 2. The van der Waals surface area contributed by atoms with Gasteiger partial charge in [0.1, 0.15) is 11.5 Å². The van der Waals surface area contributed by atoms with E-state index >= 15 is 0 Å². The minimum absolute atomic E-state index is 0.758. The molecule has 0 saturated carbocycles. The van der Waals surface area contributed by atoms with E-state index in [-0.39, 0.29) is 0 Å². The van der Waals surface area contributed by atoms with Crippen LogP contribution in [0.1, 0.15) is 26.2 Å². The Kier molecular flexibility index (Phi) is 4.47. The minimum atomic E-state index is 0.758. The summed E-state index contributed by atoms with van der Waals surface area (Å²) in [6.07, 6.45) is 3.49. The minimum Gasteiger partial charge on any atom is -0.495 e. The summed E-state index contributed by atoms with van der Waals surface area (Å²) in [5.74, 6) is 1.90. The number of rotatable bonds is 6. The lowest BCUT2D eigenvalue weighted by molar-refractivity contribution is 0.313. The van der Waals surface area contributed by atoms with Crippen LogP contribution in [-0.4, -0.2) is 13.7 Å². The average molecular weight is 294 g/mol. The number of hydrogen-bond acceptors (Lipinski definition) is 2. The first-order valence-corrected chi connectivity index (χ1v) is 7.97. The smallest absolute Gasteiger partial charge is 0.135 e. The highest BCUT2D eigenvalue weighted by Gasteiger charge is 2.14. The summed E-state index contributed by atoms with van der Waals surface area (Å²) in [7, 11) is 1.73. The maximum atomic E-state index is 6.18. The Morgan fingerprint density at radius 2 is 1.23 bits per heavy atom. The highest BCUT2D eigenvalue weighted by Crippen LogP contribution is 2.42.